The van der Waals surface area contributed by atoms with Crippen LogP contribution in [0.3, 0.4) is 0 Å². The molecular weight excluding hydrogens is 359 g/mol. The van der Waals surface area contributed by atoms with Gasteiger partial charge in [-0.1, -0.05) is 29.3 Å². The van der Waals surface area contributed by atoms with Gasteiger partial charge in [0.05, 0.1) is 27.3 Å². The molecule has 2 aromatic rings. The van der Waals surface area contributed by atoms with Gasteiger partial charge in [-0.05, 0) is 30.3 Å². The highest BCUT2D eigenvalue weighted by atomic mass is 35.5. The molecule has 0 atom stereocenters. The van der Waals surface area contributed by atoms with Gasteiger partial charge in [0, 0.05) is 5.02 Å². The Morgan fingerprint density at radius 3 is 2.00 bits per heavy atom. The molecule has 2 heterocycles. The minimum Gasteiger partial charge on any atom is -0.386 e. The first-order valence-corrected chi connectivity index (χ1v) is 7.25. The molecule has 2 aliphatic heterocycles. The molecule has 0 amide bonds. The van der Waals surface area contributed by atoms with E-state index in [4.69, 9.17) is 23.2 Å². The maximum absolute atomic E-state index is 11.0. The lowest BCUT2D eigenvalue weighted by atomic mass is 10.1. The van der Waals surface area contributed by atoms with Gasteiger partial charge in [0.2, 0.25) is 0 Å². The van der Waals surface area contributed by atoms with Crippen LogP contribution in [0.4, 0.5) is 0 Å². The average Bonchev–Trinajstić information content (AvgIpc) is 2.98. The summed E-state index contributed by atoms with van der Waals surface area (Å²) < 4.78 is 8.70. The average molecular weight is 365 g/mol. The van der Waals surface area contributed by atoms with Crippen LogP contribution >= 0.6 is 23.2 Å². The molecule has 0 saturated carbocycles. The molecule has 24 heavy (non-hydrogen) atoms. The number of cyclic esters (lactones) is 4. The number of carbonyl (C=O) groups excluding carboxylic acids is 4. The number of hydrogen-bond acceptors (Lipinski definition) is 6. The maximum Gasteiger partial charge on any atom is 0.348 e. The Kier molecular flexibility index (Phi) is 4.09. The van der Waals surface area contributed by atoms with Crippen molar-refractivity contribution in [1.29, 1.82) is 0 Å². The Balaban J connectivity index is 0.000000141. The number of halogens is 2. The lowest BCUT2D eigenvalue weighted by Gasteiger charge is -1.92. The zero-order chi connectivity index (χ0) is 17.4. The second-order valence-electron chi connectivity index (χ2n) is 4.71. The Hall–Kier alpha value is -2.70. The van der Waals surface area contributed by atoms with Crippen LogP contribution in [0.25, 0.3) is 0 Å². The van der Waals surface area contributed by atoms with Crippen molar-refractivity contribution in [1.82, 2.24) is 0 Å². The van der Waals surface area contributed by atoms with Gasteiger partial charge in [0.25, 0.3) is 0 Å². The van der Waals surface area contributed by atoms with Gasteiger partial charge in [-0.2, -0.15) is 0 Å². The fraction of sp³-hybridized carbons (Fsp3) is 0. The number of ether oxygens (including phenoxy) is 2. The Morgan fingerprint density at radius 2 is 1.29 bits per heavy atom. The number of benzene rings is 2. The van der Waals surface area contributed by atoms with Gasteiger partial charge in [0.1, 0.15) is 0 Å². The molecule has 0 radical (unpaired) electrons. The summed E-state index contributed by atoms with van der Waals surface area (Å²) in [5.74, 6) is -2.53. The highest BCUT2D eigenvalue weighted by Gasteiger charge is 2.31. The summed E-state index contributed by atoms with van der Waals surface area (Å²) in [6.45, 7) is 0. The van der Waals surface area contributed by atoms with Crippen LogP contribution in [0.15, 0.2) is 36.4 Å². The standard InChI is InChI=1S/2C8H3ClO3/c9-4-1-2-5-6(3-4)8(11)12-7(5)10;9-5-3-1-2-4-6(5)8(11)12-7(4)10/h2*1-3H. The van der Waals surface area contributed by atoms with Gasteiger partial charge in [0.15, 0.2) is 0 Å². The van der Waals surface area contributed by atoms with Crippen LogP contribution in [0.1, 0.15) is 41.4 Å². The van der Waals surface area contributed by atoms with Crippen LogP contribution in [0, 0.1) is 0 Å². The number of carbonyl (C=O) groups is 4. The van der Waals surface area contributed by atoms with Crippen molar-refractivity contribution in [3.05, 3.63) is 68.7 Å². The largest absolute Gasteiger partial charge is 0.386 e. The van der Waals surface area contributed by atoms with Gasteiger partial charge >= 0.3 is 23.9 Å². The molecule has 4 rings (SSSR count). The summed E-state index contributed by atoms with van der Waals surface area (Å²) in [7, 11) is 0. The summed E-state index contributed by atoms with van der Waals surface area (Å²) in [4.78, 5) is 43.7. The van der Waals surface area contributed by atoms with Crippen LogP contribution in [-0.2, 0) is 9.47 Å². The minimum absolute atomic E-state index is 0.171. The molecule has 0 unspecified atom stereocenters. The molecule has 8 heteroatoms. The topological polar surface area (TPSA) is 86.7 Å². The van der Waals surface area contributed by atoms with Crippen LogP contribution in [-0.4, -0.2) is 23.9 Å². The molecule has 0 fully saturated rings. The van der Waals surface area contributed by atoms with E-state index in [1.807, 2.05) is 0 Å². The first-order chi connectivity index (χ1) is 11.4. The summed E-state index contributed by atoms with van der Waals surface area (Å²) in [6, 6.07) is 9.09. The predicted octanol–water partition coefficient (Wildman–Crippen LogP) is 3.30. The normalized spacial score (nSPS) is 14.4. The Labute approximate surface area is 144 Å². The van der Waals surface area contributed by atoms with Crippen LogP contribution in [0.5, 0.6) is 0 Å². The third-order valence-electron chi connectivity index (χ3n) is 3.23. The SMILES string of the molecule is O=C1OC(=O)c2c(Cl)cccc21.O=C1OC(=O)c2cc(Cl)ccc21. The lowest BCUT2D eigenvalue weighted by molar-refractivity contribution is 0.0425. The highest BCUT2D eigenvalue weighted by Crippen LogP contribution is 2.26. The third-order valence-corrected chi connectivity index (χ3v) is 3.78. The van der Waals surface area contributed by atoms with E-state index in [2.05, 4.69) is 9.47 Å². The highest BCUT2D eigenvalue weighted by molar-refractivity contribution is 6.35. The molecule has 0 saturated heterocycles. The third kappa shape index (κ3) is 2.77. The molecule has 0 spiro atoms. The smallest absolute Gasteiger partial charge is 0.348 e. The summed E-state index contributed by atoms with van der Waals surface area (Å²) in [5.41, 5.74) is 0.938. The van der Waals surface area contributed by atoms with Gasteiger partial charge < -0.3 is 9.47 Å². The molecule has 2 aromatic carbocycles. The first-order valence-electron chi connectivity index (χ1n) is 6.49. The van der Waals surface area contributed by atoms with Gasteiger partial charge in [-0.15, -0.1) is 0 Å². The van der Waals surface area contributed by atoms with Crippen LogP contribution in [0.2, 0.25) is 10.0 Å². The quantitative estimate of drug-likeness (QED) is 0.526. The number of hydrogen-bond donors (Lipinski definition) is 0. The summed E-state index contributed by atoms with van der Waals surface area (Å²) in [6.07, 6.45) is 0. The lowest BCUT2D eigenvalue weighted by Crippen LogP contribution is -1.97. The van der Waals surface area contributed by atoms with Crippen molar-refractivity contribution in [2.75, 3.05) is 0 Å². The molecule has 6 nitrogen and oxygen atoms in total. The fourth-order valence-corrected chi connectivity index (χ4v) is 2.57. The monoisotopic (exact) mass is 364 g/mol. The van der Waals surface area contributed by atoms with E-state index in [-0.39, 0.29) is 27.3 Å². The molecule has 2 aliphatic rings. The van der Waals surface area contributed by atoms with E-state index in [0.717, 1.165) is 0 Å². The van der Waals surface area contributed by atoms with Crippen molar-refractivity contribution >= 4 is 47.1 Å². The molecule has 120 valence electrons. The van der Waals surface area contributed by atoms with Crippen molar-refractivity contribution in [2.45, 2.75) is 0 Å². The van der Waals surface area contributed by atoms with E-state index in [1.165, 1.54) is 18.2 Å². The molecule has 0 bridgehead atoms. The predicted molar refractivity (Wildman–Crippen MR) is 82.4 cm³/mol. The van der Waals surface area contributed by atoms with Crippen molar-refractivity contribution in [3.63, 3.8) is 0 Å². The van der Waals surface area contributed by atoms with Gasteiger partial charge in [-0.25, -0.2) is 19.2 Å². The summed E-state index contributed by atoms with van der Waals surface area (Å²) in [5, 5.41) is 0.670. The maximum atomic E-state index is 11.0. The van der Waals surface area contributed by atoms with E-state index in [0.29, 0.717) is 5.02 Å². The molecule has 0 N–H and O–H groups in total. The zero-order valence-electron chi connectivity index (χ0n) is 11.7. The molecule has 0 aromatic heterocycles. The van der Waals surface area contributed by atoms with E-state index < -0.39 is 23.9 Å². The first kappa shape index (κ1) is 16.2. The number of esters is 4. The second kappa shape index (κ2) is 6.07. The van der Waals surface area contributed by atoms with E-state index >= 15 is 0 Å². The molecule has 0 aliphatic carbocycles. The number of rotatable bonds is 0. The van der Waals surface area contributed by atoms with E-state index in [9.17, 15) is 19.2 Å². The van der Waals surface area contributed by atoms with Crippen molar-refractivity contribution in [3.8, 4) is 0 Å². The van der Waals surface area contributed by atoms with E-state index in [1.54, 1.807) is 18.2 Å². The Bertz CT molecular complexity index is 913. The minimum atomic E-state index is -0.666. The fourth-order valence-electron chi connectivity index (χ4n) is 2.15. The second-order valence-corrected chi connectivity index (χ2v) is 5.55. The van der Waals surface area contributed by atoms with Crippen molar-refractivity contribution in [2.24, 2.45) is 0 Å². The Morgan fingerprint density at radius 1 is 0.667 bits per heavy atom. The summed E-state index contributed by atoms with van der Waals surface area (Å²) >= 11 is 11.3. The zero-order valence-corrected chi connectivity index (χ0v) is 13.2. The molecular formula is C16H6Cl2O6. The van der Waals surface area contributed by atoms with Gasteiger partial charge in [-0.3, -0.25) is 0 Å². The number of fused-ring (bicyclic) bond motifs is 2. The van der Waals surface area contributed by atoms with Crippen LogP contribution < -0.4 is 0 Å². The van der Waals surface area contributed by atoms with Crippen molar-refractivity contribution < 1.29 is 28.7 Å².